The minimum atomic E-state index is -0.203. The summed E-state index contributed by atoms with van der Waals surface area (Å²) in [6.45, 7) is 4.03. The zero-order chi connectivity index (χ0) is 13.3. The molecule has 4 nitrogen and oxygen atoms in total. The van der Waals surface area contributed by atoms with Crippen LogP contribution in [0, 0.1) is 11.8 Å². The highest BCUT2D eigenvalue weighted by atomic mass is 16.2. The summed E-state index contributed by atoms with van der Waals surface area (Å²) in [5, 5.41) is 0. The summed E-state index contributed by atoms with van der Waals surface area (Å²) >= 11 is 0. The van der Waals surface area contributed by atoms with Gasteiger partial charge < -0.3 is 5.73 Å². The van der Waals surface area contributed by atoms with Crippen molar-refractivity contribution < 1.29 is 9.59 Å². The van der Waals surface area contributed by atoms with Gasteiger partial charge in [0.05, 0.1) is 0 Å². The van der Waals surface area contributed by atoms with E-state index in [4.69, 9.17) is 5.73 Å². The summed E-state index contributed by atoms with van der Waals surface area (Å²) in [7, 11) is 0. The second kappa shape index (κ2) is 4.80. The maximum atomic E-state index is 11.9. The second-order valence-electron chi connectivity index (χ2n) is 4.85. The van der Waals surface area contributed by atoms with Crippen molar-refractivity contribution >= 4 is 17.5 Å². The van der Waals surface area contributed by atoms with Crippen molar-refractivity contribution in [2.45, 2.75) is 20.3 Å². The third-order valence-corrected chi connectivity index (χ3v) is 3.72. The van der Waals surface area contributed by atoms with Gasteiger partial charge in [-0.2, -0.15) is 0 Å². The van der Waals surface area contributed by atoms with Crippen LogP contribution < -0.4 is 5.73 Å². The van der Waals surface area contributed by atoms with Gasteiger partial charge in [0.2, 0.25) is 11.8 Å². The molecule has 1 aliphatic heterocycles. The van der Waals surface area contributed by atoms with Crippen LogP contribution in [0.3, 0.4) is 0 Å². The van der Waals surface area contributed by atoms with Gasteiger partial charge in [-0.1, -0.05) is 32.0 Å². The molecule has 1 aromatic rings. The van der Waals surface area contributed by atoms with Gasteiger partial charge in [-0.15, -0.1) is 0 Å². The normalized spacial score (nSPS) is 23.8. The number of hydrogen-bond acceptors (Lipinski definition) is 3. The first kappa shape index (κ1) is 12.6. The Morgan fingerprint density at radius 2 is 1.67 bits per heavy atom. The van der Waals surface area contributed by atoms with Crippen molar-refractivity contribution in [3.05, 3.63) is 29.8 Å². The summed E-state index contributed by atoms with van der Waals surface area (Å²) in [6, 6.07) is 7.53. The van der Waals surface area contributed by atoms with Crippen LogP contribution in [-0.4, -0.2) is 23.3 Å². The molecule has 2 N–H and O–H groups in total. The van der Waals surface area contributed by atoms with Crippen LogP contribution in [0.15, 0.2) is 24.3 Å². The molecule has 2 amide bonds. The minimum Gasteiger partial charge on any atom is -0.399 e. The van der Waals surface area contributed by atoms with E-state index in [-0.39, 0.29) is 23.7 Å². The molecule has 96 valence electrons. The fraction of sp³-hybridized carbons (Fsp3) is 0.429. The van der Waals surface area contributed by atoms with E-state index in [9.17, 15) is 9.59 Å². The van der Waals surface area contributed by atoms with E-state index in [0.29, 0.717) is 18.7 Å². The number of benzene rings is 1. The van der Waals surface area contributed by atoms with Crippen LogP contribution in [0.2, 0.25) is 0 Å². The molecule has 0 aliphatic carbocycles. The fourth-order valence-electron chi connectivity index (χ4n) is 2.24. The van der Waals surface area contributed by atoms with Gasteiger partial charge in [0.15, 0.2) is 0 Å². The Morgan fingerprint density at radius 1 is 1.11 bits per heavy atom. The largest absolute Gasteiger partial charge is 0.399 e. The summed E-state index contributed by atoms with van der Waals surface area (Å²) in [6.07, 6.45) is 0.615. The molecular weight excluding hydrogens is 228 g/mol. The lowest BCUT2D eigenvalue weighted by atomic mass is 10.00. The highest BCUT2D eigenvalue weighted by molar-refractivity contribution is 6.04. The average molecular weight is 246 g/mol. The van der Waals surface area contributed by atoms with Gasteiger partial charge in [0.25, 0.3) is 0 Å². The van der Waals surface area contributed by atoms with Gasteiger partial charge in [-0.05, 0) is 18.1 Å². The Bertz CT molecular complexity index is 464. The number of amides is 2. The van der Waals surface area contributed by atoms with E-state index in [0.717, 1.165) is 5.56 Å². The summed E-state index contributed by atoms with van der Waals surface area (Å²) in [5.41, 5.74) is 7.52. The Morgan fingerprint density at radius 3 is 2.22 bits per heavy atom. The van der Waals surface area contributed by atoms with Crippen molar-refractivity contribution in [1.29, 1.82) is 0 Å². The van der Waals surface area contributed by atoms with Crippen molar-refractivity contribution in [2.24, 2.45) is 11.8 Å². The predicted octanol–water partition coefficient (Wildman–Crippen LogP) is 1.45. The fourth-order valence-corrected chi connectivity index (χ4v) is 2.24. The van der Waals surface area contributed by atoms with Crippen LogP contribution in [0.1, 0.15) is 19.4 Å². The molecule has 2 rings (SSSR count). The van der Waals surface area contributed by atoms with Gasteiger partial charge in [-0.25, -0.2) is 0 Å². The van der Waals surface area contributed by atoms with E-state index in [2.05, 4.69) is 0 Å². The van der Waals surface area contributed by atoms with Crippen molar-refractivity contribution in [3.8, 4) is 0 Å². The molecule has 1 aromatic carbocycles. The molecule has 1 fully saturated rings. The number of nitrogens with two attached hydrogens (primary N) is 1. The summed E-state index contributed by atoms with van der Waals surface area (Å²) < 4.78 is 0. The molecule has 1 heterocycles. The standard InChI is InChI=1S/C14H18N2O2/c1-9-10(2)14(18)16(13(9)17)8-7-11-5-3-4-6-12(11)15/h3-6,9-10H,7-8,15H2,1-2H3. The number of likely N-dealkylation sites (tertiary alicyclic amines) is 1. The zero-order valence-corrected chi connectivity index (χ0v) is 10.7. The smallest absolute Gasteiger partial charge is 0.232 e. The van der Waals surface area contributed by atoms with Crippen molar-refractivity contribution in [1.82, 2.24) is 4.90 Å². The highest BCUT2D eigenvalue weighted by Crippen LogP contribution is 2.25. The Hall–Kier alpha value is -1.84. The number of rotatable bonds is 3. The third kappa shape index (κ3) is 2.10. The van der Waals surface area contributed by atoms with Crippen LogP contribution in [0.4, 0.5) is 5.69 Å². The van der Waals surface area contributed by atoms with Crippen molar-refractivity contribution in [3.63, 3.8) is 0 Å². The highest BCUT2D eigenvalue weighted by Gasteiger charge is 2.41. The first-order valence-corrected chi connectivity index (χ1v) is 6.21. The number of para-hydroxylation sites is 1. The van der Waals surface area contributed by atoms with Crippen LogP contribution in [0.25, 0.3) is 0 Å². The Balaban J connectivity index is 2.05. The Kier molecular flexibility index (Phi) is 3.36. The van der Waals surface area contributed by atoms with Crippen LogP contribution in [0.5, 0.6) is 0 Å². The monoisotopic (exact) mass is 246 g/mol. The SMILES string of the molecule is CC1C(=O)N(CCc2ccccc2N)C(=O)C1C. The second-order valence-corrected chi connectivity index (χ2v) is 4.85. The lowest BCUT2D eigenvalue weighted by Crippen LogP contribution is -2.32. The predicted molar refractivity (Wildman–Crippen MR) is 69.6 cm³/mol. The molecule has 4 heteroatoms. The van der Waals surface area contributed by atoms with Gasteiger partial charge >= 0.3 is 0 Å². The Labute approximate surface area is 107 Å². The first-order valence-electron chi connectivity index (χ1n) is 6.21. The molecular formula is C14H18N2O2. The van der Waals surface area contributed by atoms with E-state index in [1.807, 2.05) is 38.1 Å². The maximum absolute atomic E-state index is 11.9. The van der Waals surface area contributed by atoms with E-state index < -0.39 is 0 Å². The van der Waals surface area contributed by atoms with E-state index in [1.54, 1.807) is 0 Å². The minimum absolute atomic E-state index is 0.0676. The molecule has 1 aliphatic rings. The third-order valence-electron chi connectivity index (χ3n) is 3.72. The number of carbonyl (C=O) groups is 2. The molecule has 0 bridgehead atoms. The van der Waals surface area contributed by atoms with E-state index >= 15 is 0 Å². The van der Waals surface area contributed by atoms with Crippen LogP contribution >= 0.6 is 0 Å². The van der Waals surface area contributed by atoms with Gasteiger partial charge in [0.1, 0.15) is 0 Å². The number of nitrogen functional groups attached to an aromatic ring is 1. The summed E-state index contributed by atoms with van der Waals surface area (Å²) in [4.78, 5) is 25.2. The number of carbonyl (C=O) groups excluding carboxylic acids is 2. The number of nitrogens with zero attached hydrogens (tertiary/aromatic N) is 1. The number of anilines is 1. The first-order chi connectivity index (χ1) is 8.52. The molecule has 0 saturated carbocycles. The maximum Gasteiger partial charge on any atom is 0.232 e. The molecule has 1 saturated heterocycles. The quantitative estimate of drug-likeness (QED) is 0.648. The van der Waals surface area contributed by atoms with Crippen molar-refractivity contribution in [2.75, 3.05) is 12.3 Å². The lowest BCUT2D eigenvalue weighted by molar-refractivity contribution is -0.139. The lowest BCUT2D eigenvalue weighted by Gasteiger charge is -2.15. The van der Waals surface area contributed by atoms with Crippen LogP contribution in [-0.2, 0) is 16.0 Å². The molecule has 2 atom stereocenters. The van der Waals surface area contributed by atoms with Gasteiger partial charge in [-0.3, -0.25) is 14.5 Å². The molecule has 0 aromatic heterocycles. The summed E-state index contributed by atoms with van der Waals surface area (Å²) in [5.74, 6) is -0.541. The van der Waals surface area contributed by atoms with E-state index in [1.165, 1.54) is 4.90 Å². The average Bonchev–Trinajstić information content (AvgIpc) is 2.54. The molecule has 18 heavy (non-hydrogen) atoms. The van der Waals surface area contributed by atoms with Gasteiger partial charge in [0, 0.05) is 24.1 Å². The molecule has 0 radical (unpaired) electrons. The topological polar surface area (TPSA) is 63.4 Å². The molecule has 0 spiro atoms. The molecule has 2 unspecified atom stereocenters. The number of hydrogen-bond donors (Lipinski definition) is 1. The zero-order valence-electron chi connectivity index (χ0n) is 10.7. The number of imide groups is 1.